The van der Waals surface area contributed by atoms with E-state index >= 15 is 0 Å². The normalized spacial score (nSPS) is 12.6. The summed E-state index contributed by atoms with van der Waals surface area (Å²) in [6.45, 7) is 0. The minimum Gasteiger partial charge on any atom is -0.505 e. The smallest absolute Gasteiger partial charge is 0.296 e. The van der Waals surface area contributed by atoms with Crippen molar-refractivity contribution in [1.82, 2.24) is 0 Å². The van der Waals surface area contributed by atoms with Crippen molar-refractivity contribution in [2.45, 2.75) is 19.6 Å². The first-order valence-corrected chi connectivity index (χ1v) is 15.9. The third-order valence-corrected chi connectivity index (χ3v) is 8.51. The number of phenols is 1. The molecule has 17 nitrogen and oxygen atoms in total. The maximum atomic E-state index is 12.2. The predicted octanol–water partition coefficient (Wildman–Crippen LogP) is 7.38. The topological polar surface area (TPSA) is 256 Å². The second-order valence-electron chi connectivity index (χ2n) is 8.02. The molecule has 4 aromatic rings. The van der Waals surface area contributed by atoms with Gasteiger partial charge < -0.3 is 5.11 Å². The van der Waals surface area contributed by atoms with E-state index in [9.17, 15) is 31.0 Å². The van der Waals surface area contributed by atoms with Crippen LogP contribution in [0.15, 0.2) is 101 Å². The van der Waals surface area contributed by atoms with Crippen LogP contribution in [-0.2, 0) is 39.0 Å². The van der Waals surface area contributed by atoms with Gasteiger partial charge in [0.2, 0.25) is 0 Å². The van der Waals surface area contributed by atoms with Crippen LogP contribution >= 0.6 is 35.7 Å². The molecule has 0 bridgehead atoms. The Morgan fingerprint density at radius 2 is 1.36 bits per heavy atom. The molecule has 232 valence electrons. The van der Waals surface area contributed by atoms with Crippen molar-refractivity contribution < 1.29 is 60.3 Å². The number of azo groups is 2. The number of rotatable bonds is 12. The van der Waals surface area contributed by atoms with Crippen LogP contribution in [0.25, 0.3) is 10.8 Å². The van der Waals surface area contributed by atoms with E-state index in [-0.39, 0.29) is 26.4 Å². The Morgan fingerprint density at radius 1 is 0.727 bits per heavy atom. The molecule has 0 atom stereocenters. The van der Waals surface area contributed by atoms with Crippen molar-refractivity contribution in [3.63, 3.8) is 0 Å². The van der Waals surface area contributed by atoms with Crippen LogP contribution in [0.1, 0.15) is 0 Å². The van der Waals surface area contributed by atoms with Crippen LogP contribution in [0.2, 0.25) is 5.02 Å². The fourth-order valence-electron chi connectivity index (χ4n) is 3.47. The van der Waals surface area contributed by atoms with E-state index in [2.05, 4.69) is 39.2 Å². The molecule has 0 spiro atoms. The molecule has 0 unspecified atom stereocenters. The van der Waals surface area contributed by atoms with Gasteiger partial charge in [0.15, 0.2) is 5.75 Å². The number of hydrogen-bond donors (Lipinski definition) is 5. The fourth-order valence-corrected chi connectivity index (χ4v) is 5.89. The molecular formula is C22H15ClN4O13S4. The lowest BCUT2D eigenvalue weighted by atomic mass is 10.1. The minimum atomic E-state index is -4.90. The molecule has 4 aromatic carbocycles. The summed E-state index contributed by atoms with van der Waals surface area (Å²) in [6, 6.07) is 12.6. The summed E-state index contributed by atoms with van der Waals surface area (Å²) in [5, 5.41) is 50.0. The molecule has 0 aliphatic heterocycles. The van der Waals surface area contributed by atoms with Crippen molar-refractivity contribution in [2.75, 3.05) is 0 Å². The monoisotopic (exact) mass is 706 g/mol. The lowest BCUT2D eigenvalue weighted by molar-refractivity contribution is -0.432. The molecular weight excluding hydrogens is 692 g/mol. The molecule has 0 saturated heterocycles. The maximum absolute atomic E-state index is 12.2. The van der Waals surface area contributed by atoms with Gasteiger partial charge in [0.25, 0.3) is 20.2 Å². The number of benzene rings is 4. The van der Waals surface area contributed by atoms with Gasteiger partial charge in [-0.15, -0.1) is 18.9 Å². The first-order chi connectivity index (χ1) is 20.8. The third-order valence-electron chi connectivity index (χ3n) is 5.28. The standard InChI is InChI=1S/C22H15ClN4O13S4/c23-16-10-15(43(31,32)33)7-11-8-18(42-40-38-30)21(22(28)20(11)16)27-26-17-6-3-13(9-19(17)44(34,35)36)25-24-12-1-4-14(5-2-12)41-39-37-29/h1-10,28-30H,(H,31,32,33)(H,34,35,36)/b25-24+,27-26+. The molecule has 5 N–H and O–H groups in total. The molecule has 0 radical (unpaired) electrons. The zero-order chi connectivity index (χ0) is 32.1. The van der Waals surface area contributed by atoms with Crippen LogP contribution in [0, 0.1) is 0 Å². The van der Waals surface area contributed by atoms with Gasteiger partial charge in [-0.25, -0.2) is 10.5 Å². The molecule has 0 saturated carbocycles. The number of nitrogens with zero attached hydrogens (tertiary/aromatic N) is 4. The Bertz CT molecular complexity index is 1980. The van der Waals surface area contributed by atoms with E-state index < -0.39 is 47.2 Å². The summed E-state index contributed by atoms with van der Waals surface area (Å²) < 4.78 is 75.5. The van der Waals surface area contributed by atoms with Crippen LogP contribution in [-0.4, -0.2) is 41.6 Å². The Kier molecular flexibility index (Phi) is 10.9. The Labute approximate surface area is 260 Å². The number of fused-ring (bicyclic) bond motifs is 1. The quantitative estimate of drug-likeness (QED) is 0.0316. The SMILES string of the molecule is O=S(=O)(O)c1cc(Cl)c2c(O)c(/N=N/c3ccc(/N=N/c4ccc(SOOO)cc4)cc3S(=O)(=O)O)c(SOOO)cc2c1. The fraction of sp³-hybridized carbons (Fsp3) is 0. The van der Waals surface area contributed by atoms with E-state index in [1.165, 1.54) is 24.3 Å². The highest BCUT2D eigenvalue weighted by Gasteiger charge is 2.22. The largest absolute Gasteiger partial charge is 0.505 e. The van der Waals surface area contributed by atoms with Crippen molar-refractivity contribution >= 4 is 89.4 Å². The molecule has 0 aliphatic carbocycles. The lowest BCUT2D eigenvalue weighted by Crippen LogP contribution is -1.98. The van der Waals surface area contributed by atoms with Crippen molar-refractivity contribution in [3.05, 3.63) is 65.7 Å². The highest BCUT2D eigenvalue weighted by molar-refractivity contribution is 7.95. The summed E-state index contributed by atoms with van der Waals surface area (Å²) >= 11 is 7.17. The van der Waals surface area contributed by atoms with E-state index in [1.54, 1.807) is 12.1 Å². The average molecular weight is 707 g/mol. The van der Waals surface area contributed by atoms with Crippen LogP contribution in [0.3, 0.4) is 0 Å². The Hall–Kier alpha value is -3.29. The second kappa shape index (κ2) is 14.2. The molecule has 0 aliphatic rings. The summed E-state index contributed by atoms with van der Waals surface area (Å²) in [7, 11) is -9.59. The van der Waals surface area contributed by atoms with Gasteiger partial charge in [0, 0.05) is 10.3 Å². The molecule has 0 fully saturated rings. The Balaban J connectivity index is 1.74. The van der Waals surface area contributed by atoms with Gasteiger partial charge in [0.1, 0.15) is 16.3 Å². The minimum absolute atomic E-state index is 0.00764. The van der Waals surface area contributed by atoms with Gasteiger partial charge >= 0.3 is 0 Å². The first kappa shape index (κ1) is 33.6. The van der Waals surface area contributed by atoms with Gasteiger partial charge in [-0.05, 0) is 66.0 Å². The highest BCUT2D eigenvalue weighted by atomic mass is 35.5. The van der Waals surface area contributed by atoms with Gasteiger partial charge in [-0.3, -0.25) is 9.11 Å². The number of halogens is 1. The first-order valence-electron chi connectivity index (χ1n) is 11.1. The van der Waals surface area contributed by atoms with E-state index in [0.717, 1.165) is 36.3 Å². The molecule has 0 amide bonds. The molecule has 4 rings (SSSR count). The van der Waals surface area contributed by atoms with Gasteiger partial charge in [-0.1, -0.05) is 21.7 Å². The van der Waals surface area contributed by atoms with Crippen molar-refractivity contribution in [3.8, 4) is 5.75 Å². The zero-order valence-corrected chi connectivity index (χ0v) is 25.1. The maximum Gasteiger partial charge on any atom is 0.296 e. The second-order valence-corrected chi connectivity index (χ2v) is 12.8. The zero-order valence-electron chi connectivity index (χ0n) is 21.1. The van der Waals surface area contributed by atoms with E-state index in [1.807, 2.05) is 0 Å². The van der Waals surface area contributed by atoms with Crippen LogP contribution in [0.4, 0.5) is 22.7 Å². The van der Waals surface area contributed by atoms with Crippen molar-refractivity contribution in [2.24, 2.45) is 20.5 Å². The molecule has 22 heteroatoms. The highest BCUT2D eigenvalue weighted by Crippen LogP contribution is 2.47. The summed E-state index contributed by atoms with van der Waals surface area (Å²) in [5.41, 5.74) is -0.457. The molecule has 0 heterocycles. The summed E-state index contributed by atoms with van der Waals surface area (Å²) in [4.78, 5) is -0.908. The van der Waals surface area contributed by atoms with Crippen LogP contribution < -0.4 is 0 Å². The van der Waals surface area contributed by atoms with Crippen LogP contribution in [0.5, 0.6) is 5.75 Å². The van der Waals surface area contributed by atoms with Crippen molar-refractivity contribution in [1.29, 1.82) is 0 Å². The molecule has 44 heavy (non-hydrogen) atoms. The summed E-state index contributed by atoms with van der Waals surface area (Å²) in [6.07, 6.45) is 0. The molecule has 0 aromatic heterocycles. The third kappa shape index (κ3) is 8.24. The summed E-state index contributed by atoms with van der Waals surface area (Å²) in [5.74, 6) is -0.680. The average Bonchev–Trinajstić information content (AvgIpc) is 2.97. The van der Waals surface area contributed by atoms with E-state index in [4.69, 9.17) is 22.1 Å². The lowest BCUT2D eigenvalue weighted by Gasteiger charge is -2.11. The van der Waals surface area contributed by atoms with Gasteiger partial charge in [-0.2, -0.15) is 27.1 Å². The Morgan fingerprint density at radius 3 is 2.00 bits per heavy atom. The number of hydrogen-bond acceptors (Lipinski definition) is 17. The number of phenolic OH excluding ortho intramolecular Hbond substituents is 1. The number of aromatic hydroxyl groups is 1. The van der Waals surface area contributed by atoms with Gasteiger partial charge in [0.05, 0.1) is 50.3 Å². The van der Waals surface area contributed by atoms with E-state index in [0.29, 0.717) is 22.6 Å². The predicted molar refractivity (Wildman–Crippen MR) is 153 cm³/mol.